The molecule has 0 atom stereocenters. The third kappa shape index (κ3) is 1.17. The third-order valence-electron chi connectivity index (χ3n) is 2.03. The topological polar surface area (TPSA) is 26.0 Å². The van der Waals surface area contributed by atoms with Crippen LogP contribution in [-0.4, -0.2) is 12.3 Å². The summed E-state index contributed by atoms with van der Waals surface area (Å²) < 4.78 is 0. The van der Waals surface area contributed by atoms with Crippen molar-refractivity contribution in [1.82, 2.24) is 0 Å². The molecule has 2 N–H and O–H groups in total. The van der Waals surface area contributed by atoms with E-state index < -0.39 is 0 Å². The smallest absolute Gasteiger partial charge is 0.00202 e. The summed E-state index contributed by atoms with van der Waals surface area (Å²) >= 11 is 4.15. The highest BCUT2D eigenvalue weighted by Crippen LogP contribution is 2.47. The van der Waals surface area contributed by atoms with E-state index in [1.165, 1.54) is 19.3 Å². The second-order valence-electron chi connectivity index (χ2n) is 2.68. The lowest BCUT2D eigenvalue weighted by molar-refractivity contribution is 0.510. The molecular weight excluding hydrogens is 118 g/mol. The summed E-state index contributed by atoms with van der Waals surface area (Å²) in [5.74, 6) is 0.997. The molecule has 0 aromatic carbocycles. The van der Waals surface area contributed by atoms with Crippen LogP contribution in [0.5, 0.6) is 0 Å². The lowest BCUT2D eigenvalue weighted by Gasteiger charge is -2.07. The van der Waals surface area contributed by atoms with Crippen LogP contribution < -0.4 is 5.73 Å². The summed E-state index contributed by atoms with van der Waals surface area (Å²) in [4.78, 5) is 0. The van der Waals surface area contributed by atoms with Crippen molar-refractivity contribution in [3.63, 3.8) is 0 Å². The van der Waals surface area contributed by atoms with Gasteiger partial charge in [-0.3, -0.25) is 0 Å². The quantitative estimate of drug-likeness (QED) is 0.550. The van der Waals surface area contributed by atoms with Gasteiger partial charge in [0.2, 0.25) is 0 Å². The second kappa shape index (κ2) is 2.28. The molecule has 0 saturated heterocycles. The highest BCUT2D eigenvalue weighted by atomic mass is 32.1. The van der Waals surface area contributed by atoms with Gasteiger partial charge in [-0.25, -0.2) is 0 Å². The predicted octanol–water partition coefficient (Wildman–Crippen LogP) is 1.05. The van der Waals surface area contributed by atoms with E-state index in [0.717, 1.165) is 12.3 Å². The number of hydrogen-bond donors (Lipinski definition) is 2. The molecule has 1 fully saturated rings. The van der Waals surface area contributed by atoms with Gasteiger partial charge in [-0.05, 0) is 37.0 Å². The Morgan fingerprint density at radius 3 is 2.25 bits per heavy atom. The third-order valence-corrected chi connectivity index (χ3v) is 2.26. The Balaban J connectivity index is 2.20. The first-order valence-electron chi connectivity index (χ1n) is 3.14. The molecule has 1 rings (SSSR count). The molecule has 1 saturated carbocycles. The van der Waals surface area contributed by atoms with Crippen molar-refractivity contribution in [2.45, 2.75) is 19.3 Å². The van der Waals surface area contributed by atoms with Crippen LogP contribution in [-0.2, 0) is 0 Å². The van der Waals surface area contributed by atoms with Crippen LogP contribution in [0.15, 0.2) is 0 Å². The highest BCUT2D eigenvalue weighted by Gasteiger charge is 2.39. The molecule has 0 aromatic heterocycles. The van der Waals surface area contributed by atoms with E-state index in [0.29, 0.717) is 5.41 Å². The van der Waals surface area contributed by atoms with Crippen molar-refractivity contribution >= 4 is 12.6 Å². The molecule has 1 aliphatic rings. The standard InChI is InChI=1S/C6H13NS/c7-5-6(1-2-6)3-4-8/h8H,1-5,7H2. The van der Waals surface area contributed by atoms with Crippen molar-refractivity contribution in [2.75, 3.05) is 12.3 Å². The van der Waals surface area contributed by atoms with Crippen molar-refractivity contribution < 1.29 is 0 Å². The molecule has 1 nitrogen and oxygen atoms in total. The largest absolute Gasteiger partial charge is 0.330 e. The van der Waals surface area contributed by atoms with Gasteiger partial charge in [0.1, 0.15) is 0 Å². The first-order chi connectivity index (χ1) is 3.83. The van der Waals surface area contributed by atoms with E-state index in [9.17, 15) is 0 Å². The van der Waals surface area contributed by atoms with Crippen LogP contribution >= 0.6 is 12.6 Å². The number of nitrogens with two attached hydrogens (primary N) is 1. The van der Waals surface area contributed by atoms with Gasteiger partial charge in [0.05, 0.1) is 0 Å². The Hall–Kier alpha value is 0.310. The zero-order valence-electron chi connectivity index (χ0n) is 5.06. The van der Waals surface area contributed by atoms with Crippen LogP contribution in [0.4, 0.5) is 0 Å². The van der Waals surface area contributed by atoms with Crippen molar-refractivity contribution in [3.05, 3.63) is 0 Å². The minimum Gasteiger partial charge on any atom is -0.330 e. The normalized spacial score (nSPS) is 23.2. The monoisotopic (exact) mass is 131 g/mol. The molecule has 0 unspecified atom stereocenters. The van der Waals surface area contributed by atoms with Crippen LogP contribution in [0.2, 0.25) is 0 Å². The number of hydrogen-bond acceptors (Lipinski definition) is 2. The fourth-order valence-electron chi connectivity index (χ4n) is 0.970. The molecule has 1 aliphatic carbocycles. The Morgan fingerprint density at radius 1 is 1.50 bits per heavy atom. The fourth-order valence-corrected chi connectivity index (χ4v) is 1.44. The van der Waals surface area contributed by atoms with E-state index >= 15 is 0 Å². The Labute approximate surface area is 56.1 Å². The summed E-state index contributed by atoms with van der Waals surface area (Å²) in [7, 11) is 0. The summed E-state index contributed by atoms with van der Waals surface area (Å²) in [5, 5.41) is 0. The molecule has 48 valence electrons. The molecule has 0 heterocycles. The van der Waals surface area contributed by atoms with Gasteiger partial charge in [-0.1, -0.05) is 0 Å². The summed E-state index contributed by atoms with van der Waals surface area (Å²) in [5.41, 5.74) is 6.06. The van der Waals surface area contributed by atoms with Crippen molar-refractivity contribution in [3.8, 4) is 0 Å². The molecule has 8 heavy (non-hydrogen) atoms. The maximum atomic E-state index is 5.52. The molecule has 0 bridgehead atoms. The van der Waals surface area contributed by atoms with E-state index in [1.54, 1.807) is 0 Å². The minimum absolute atomic E-state index is 0.543. The number of rotatable bonds is 3. The fraction of sp³-hybridized carbons (Fsp3) is 1.00. The maximum absolute atomic E-state index is 5.52. The summed E-state index contributed by atoms with van der Waals surface area (Å²) in [6.07, 6.45) is 3.89. The Morgan fingerprint density at radius 2 is 2.12 bits per heavy atom. The zero-order chi connectivity index (χ0) is 6.04. The lowest BCUT2D eigenvalue weighted by Crippen LogP contribution is -2.15. The summed E-state index contributed by atoms with van der Waals surface area (Å²) in [6, 6.07) is 0. The predicted molar refractivity (Wildman–Crippen MR) is 39.2 cm³/mol. The molecule has 0 aliphatic heterocycles. The summed E-state index contributed by atoms with van der Waals surface area (Å²) in [6.45, 7) is 0.869. The Kier molecular flexibility index (Phi) is 1.83. The molecule has 2 heteroatoms. The van der Waals surface area contributed by atoms with E-state index in [2.05, 4.69) is 12.6 Å². The van der Waals surface area contributed by atoms with Gasteiger partial charge in [0, 0.05) is 0 Å². The minimum atomic E-state index is 0.543. The SMILES string of the molecule is NCC1(CCS)CC1. The van der Waals surface area contributed by atoms with Crippen molar-refractivity contribution in [1.29, 1.82) is 0 Å². The zero-order valence-corrected chi connectivity index (χ0v) is 5.95. The average Bonchev–Trinajstić information content (AvgIpc) is 2.50. The van der Waals surface area contributed by atoms with Crippen LogP contribution in [0.25, 0.3) is 0 Å². The van der Waals surface area contributed by atoms with Crippen LogP contribution in [0, 0.1) is 5.41 Å². The van der Waals surface area contributed by atoms with Gasteiger partial charge in [0.15, 0.2) is 0 Å². The first-order valence-corrected chi connectivity index (χ1v) is 3.77. The van der Waals surface area contributed by atoms with Gasteiger partial charge in [0.25, 0.3) is 0 Å². The van der Waals surface area contributed by atoms with Gasteiger partial charge in [-0.2, -0.15) is 12.6 Å². The number of thiol groups is 1. The highest BCUT2D eigenvalue weighted by molar-refractivity contribution is 7.80. The van der Waals surface area contributed by atoms with Crippen LogP contribution in [0.3, 0.4) is 0 Å². The Bertz CT molecular complexity index is 78.6. The van der Waals surface area contributed by atoms with Gasteiger partial charge < -0.3 is 5.73 Å². The van der Waals surface area contributed by atoms with E-state index in [-0.39, 0.29) is 0 Å². The molecule has 0 spiro atoms. The van der Waals surface area contributed by atoms with Crippen molar-refractivity contribution in [2.24, 2.45) is 11.1 Å². The van der Waals surface area contributed by atoms with E-state index in [4.69, 9.17) is 5.73 Å². The van der Waals surface area contributed by atoms with Crippen LogP contribution in [0.1, 0.15) is 19.3 Å². The molecule has 0 aromatic rings. The lowest BCUT2D eigenvalue weighted by atomic mass is 10.1. The van der Waals surface area contributed by atoms with Gasteiger partial charge >= 0.3 is 0 Å². The first kappa shape index (κ1) is 6.43. The molecular formula is C6H13NS. The van der Waals surface area contributed by atoms with Gasteiger partial charge in [-0.15, -0.1) is 0 Å². The molecule has 0 amide bonds. The average molecular weight is 131 g/mol. The molecule has 0 radical (unpaired) electrons. The maximum Gasteiger partial charge on any atom is -0.00202 e. The second-order valence-corrected chi connectivity index (χ2v) is 3.12. The van der Waals surface area contributed by atoms with E-state index in [1.807, 2.05) is 0 Å².